The zero-order valence-electron chi connectivity index (χ0n) is 42.0. The highest BCUT2D eigenvalue weighted by atomic mass is 14.4. The van der Waals surface area contributed by atoms with E-state index >= 15 is 0 Å². The zero-order chi connectivity index (χ0) is 47.4. The van der Waals surface area contributed by atoms with Gasteiger partial charge in [-0.05, 0) is 177 Å². The Kier molecular flexibility index (Phi) is 9.01. The molecule has 0 amide bonds. The summed E-state index contributed by atoms with van der Waals surface area (Å²) >= 11 is 0. The van der Waals surface area contributed by atoms with Crippen LogP contribution in [0.4, 0.5) is 0 Å². The van der Waals surface area contributed by atoms with E-state index < -0.39 is 0 Å². The van der Waals surface area contributed by atoms with Crippen LogP contribution >= 0.6 is 0 Å². The molecule has 0 saturated carbocycles. The number of benzene rings is 10. The zero-order valence-corrected chi connectivity index (χ0v) is 42.0. The van der Waals surface area contributed by atoms with Crippen LogP contribution in [0.15, 0.2) is 158 Å². The van der Waals surface area contributed by atoms with Gasteiger partial charge in [0.2, 0.25) is 0 Å². The maximum absolute atomic E-state index is 2.57. The largest absolute Gasteiger partial charge is 0.0616 e. The fourth-order valence-electron chi connectivity index (χ4n) is 11.7. The Morgan fingerprint density at radius 3 is 1.26 bits per heavy atom. The van der Waals surface area contributed by atoms with Crippen molar-refractivity contribution in [3.8, 4) is 77.9 Å². The van der Waals surface area contributed by atoms with Crippen molar-refractivity contribution in [1.29, 1.82) is 0 Å². The third kappa shape index (κ3) is 6.40. The lowest BCUT2D eigenvalue weighted by Gasteiger charge is -2.29. The van der Waals surface area contributed by atoms with Crippen molar-refractivity contribution in [2.75, 3.05) is 0 Å². The third-order valence-corrected chi connectivity index (χ3v) is 15.5. The maximum atomic E-state index is 2.57. The summed E-state index contributed by atoms with van der Waals surface area (Å²) in [4.78, 5) is 0. The summed E-state index contributed by atoms with van der Waals surface area (Å²) in [5.74, 6) is 0. The van der Waals surface area contributed by atoms with E-state index in [9.17, 15) is 0 Å². The Bertz CT molecular complexity index is 3710. The van der Waals surface area contributed by atoms with Gasteiger partial charge in [-0.15, -0.1) is 0 Å². The van der Waals surface area contributed by atoms with Crippen LogP contribution in [0.2, 0.25) is 0 Å². The van der Waals surface area contributed by atoms with Crippen LogP contribution in [0.3, 0.4) is 0 Å². The molecule has 2 aliphatic carbocycles. The van der Waals surface area contributed by atoms with Crippen molar-refractivity contribution in [1.82, 2.24) is 0 Å². The fraction of sp³-hybridized carbons (Fsp3) is 0.235. The molecule has 334 valence electrons. The summed E-state index contributed by atoms with van der Waals surface area (Å²) in [5.41, 5.74) is 23.7. The molecule has 0 heteroatoms. The molecule has 0 bridgehead atoms. The molecule has 0 aromatic heterocycles. The molecule has 10 aromatic carbocycles. The first-order chi connectivity index (χ1) is 32.3. The van der Waals surface area contributed by atoms with Gasteiger partial charge in [-0.25, -0.2) is 0 Å². The summed E-state index contributed by atoms with van der Waals surface area (Å²) in [6.07, 6.45) is 0. The summed E-state index contributed by atoms with van der Waals surface area (Å²) in [6.45, 7) is 28.4. The average molecular weight is 879 g/mol. The van der Waals surface area contributed by atoms with Gasteiger partial charge in [0.25, 0.3) is 0 Å². The van der Waals surface area contributed by atoms with Gasteiger partial charge in [-0.2, -0.15) is 0 Å². The van der Waals surface area contributed by atoms with Gasteiger partial charge in [-0.3, -0.25) is 0 Å². The lowest BCUT2D eigenvalue weighted by atomic mass is 9.75. The van der Waals surface area contributed by atoms with Crippen LogP contribution in [-0.2, 0) is 21.7 Å². The molecule has 0 heterocycles. The van der Waals surface area contributed by atoms with Crippen molar-refractivity contribution in [2.45, 2.75) is 105 Å². The Morgan fingerprint density at radius 1 is 0.235 bits per heavy atom. The lowest BCUT2D eigenvalue weighted by Crippen LogP contribution is -2.17. The topological polar surface area (TPSA) is 0 Å². The highest BCUT2D eigenvalue weighted by Gasteiger charge is 2.34. The quantitative estimate of drug-likeness (QED) is 0.155. The first-order valence-electron chi connectivity index (χ1n) is 24.8. The summed E-state index contributed by atoms with van der Waals surface area (Å²) in [7, 11) is 0. The molecule has 0 unspecified atom stereocenters. The first-order valence-corrected chi connectivity index (χ1v) is 24.8. The predicted octanol–water partition coefficient (Wildman–Crippen LogP) is 19.8. The van der Waals surface area contributed by atoms with Gasteiger partial charge in [0.1, 0.15) is 0 Å². The number of hydrogen-bond acceptors (Lipinski definition) is 0. The van der Waals surface area contributed by atoms with Crippen LogP contribution in [-0.4, -0.2) is 0 Å². The van der Waals surface area contributed by atoms with Gasteiger partial charge in [0.15, 0.2) is 0 Å². The maximum Gasteiger partial charge on any atom is -0.000719 e. The van der Waals surface area contributed by atoms with Crippen LogP contribution in [0, 0.1) is 0 Å². The SMILES string of the molecule is CC(C)(C)c1cc(-c2c3c(c(-c4cc(C(C)(C)C)cc(C(C)(C)C)c4)c4cc(-c5ccc6c7c(cccc57)-c5ccccc5-6)ccc24)-c2cc4ccccc4c4cccc-3c24)cc(C(C)(C)C)c1. The van der Waals surface area contributed by atoms with E-state index in [0.717, 1.165) is 0 Å². The molecule has 0 fully saturated rings. The molecular formula is C68H62. The minimum atomic E-state index is -0.0573. The molecule has 0 saturated heterocycles. The van der Waals surface area contributed by atoms with E-state index in [1.165, 1.54) is 143 Å². The number of fused-ring (bicyclic) bond motifs is 9. The van der Waals surface area contributed by atoms with Crippen molar-refractivity contribution in [3.05, 3.63) is 180 Å². The third-order valence-electron chi connectivity index (χ3n) is 15.5. The van der Waals surface area contributed by atoms with Crippen LogP contribution < -0.4 is 0 Å². The molecule has 0 radical (unpaired) electrons. The first kappa shape index (κ1) is 42.6. The van der Waals surface area contributed by atoms with Gasteiger partial charge in [0.05, 0.1) is 0 Å². The van der Waals surface area contributed by atoms with E-state index in [1.54, 1.807) is 0 Å². The smallest absolute Gasteiger partial charge is 0.000719 e. The molecule has 0 nitrogen and oxygen atoms in total. The highest BCUT2D eigenvalue weighted by Crippen LogP contribution is 2.60. The van der Waals surface area contributed by atoms with Crippen LogP contribution in [0.25, 0.3) is 121 Å². The molecular weight excluding hydrogens is 817 g/mol. The second-order valence-corrected chi connectivity index (χ2v) is 24.2. The van der Waals surface area contributed by atoms with Crippen LogP contribution in [0.1, 0.15) is 105 Å². The van der Waals surface area contributed by atoms with Crippen LogP contribution in [0.5, 0.6) is 0 Å². The minimum Gasteiger partial charge on any atom is -0.0616 e. The van der Waals surface area contributed by atoms with Crippen molar-refractivity contribution < 1.29 is 0 Å². The number of rotatable bonds is 3. The Morgan fingerprint density at radius 2 is 0.676 bits per heavy atom. The van der Waals surface area contributed by atoms with Gasteiger partial charge >= 0.3 is 0 Å². The number of hydrogen-bond donors (Lipinski definition) is 0. The monoisotopic (exact) mass is 878 g/mol. The van der Waals surface area contributed by atoms with Crippen molar-refractivity contribution in [2.24, 2.45) is 0 Å². The Hall–Kier alpha value is -6.76. The normalized spacial score (nSPS) is 13.3. The predicted molar refractivity (Wildman–Crippen MR) is 296 cm³/mol. The van der Waals surface area contributed by atoms with Gasteiger partial charge < -0.3 is 0 Å². The summed E-state index contributed by atoms with van der Waals surface area (Å²) in [5, 5.41) is 10.5. The molecule has 0 N–H and O–H groups in total. The van der Waals surface area contributed by atoms with E-state index in [-0.39, 0.29) is 21.7 Å². The minimum absolute atomic E-state index is 0.0466. The standard InChI is InChI=1S/C68H62/c1-65(2,3)43-31-41(32-44(37-43)66(4,5)6)59-55-28-27-40(48-29-30-54-50-22-16-15-21-49(50)53-25-17-23-52(48)61(53)54)35-57(55)60(42-33-45(67(7,8)9)38-46(34-42)68(10,11)12)64-58-36-39-19-13-14-20-47(39)51-24-18-26-56(62(51)58)63(59)64/h13-38H,1-12H3. The van der Waals surface area contributed by atoms with E-state index in [1.807, 2.05) is 0 Å². The van der Waals surface area contributed by atoms with Gasteiger partial charge in [-0.1, -0.05) is 229 Å². The van der Waals surface area contributed by atoms with E-state index in [0.29, 0.717) is 0 Å². The lowest BCUT2D eigenvalue weighted by molar-refractivity contribution is 0.568. The molecule has 10 aromatic rings. The van der Waals surface area contributed by atoms with Gasteiger partial charge in [0, 0.05) is 0 Å². The van der Waals surface area contributed by atoms with Crippen molar-refractivity contribution >= 4 is 43.1 Å². The highest BCUT2D eigenvalue weighted by molar-refractivity contribution is 6.31. The molecule has 68 heavy (non-hydrogen) atoms. The average Bonchev–Trinajstić information content (AvgIpc) is 3.80. The van der Waals surface area contributed by atoms with E-state index in [4.69, 9.17) is 0 Å². The van der Waals surface area contributed by atoms with E-state index in [2.05, 4.69) is 241 Å². The second kappa shape index (κ2) is 14.4. The Balaban J connectivity index is 1.29. The molecule has 12 rings (SSSR count). The summed E-state index contributed by atoms with van der Waals surface area (Å²) < 4.78 is 0. The fourth-order valence-corrected chi connectivity index (χ4v) is 11.7. The Labute approximate surface area is 403 Å². The molecule has 0 aliphatic heterocycles. The second-order valence-electron chi connectivity index (χ2n) is 24.2. The molecule has 2 aliphatic rings. The van der Waals surface area contributed by atoms with Crippen molar-refractivity contribution in [3.63, 3.8) is 0 Å². The molecule has 0 atom stereocenters. The molecule has 0 spiro atoms. The summed E-state index contributed by atoms with van der Waals surface area (Å²) in [6, 6.07) is 61.8.